The van der Waals surface area contributed by atoms with Crippen molar-refractivity contribution in [3.8, 4) is 0 Å². The van der Waals surface area contributed by atoms with Gasteiger partial charge in [-0.25, -0.2) is 0 Å². The van der Waals surface area contributed by atoms with E-state index in [0.717, 1.165) is 23.7 Å². The molecule has 0 radical (unpaired) electrons. The van der Waals surface area contributed by atoms with Gasteiger partial charge in [-0.05, 0) is 24.7 Å². The first-order valence-electron chi connectivity index (χ1n) is 5.63. The van der Waals surface area contributed by atoms with E-state index in [1.54, 1.807) is 0 Å². The van der Waals surface area contributed by atoms with E-state index >= 15 is 0 Å². The standard InChI is InChI=1S/C13H16ClNO2/c1-15-7-11(12(8-15)13(16)17-2)9-3-5-10(14)6-4-9/h3-6,11-12H,7-8H2,1-2H3. The predicted octanol–water partition coefficient (Wildman–Crippen LogP) is 2.16. The molecule has 92 valence electrons. The molecule has 2 atom stereocenters. The Kier molecular flexibility index (Phi) is 3.69. The van der Waals surface area contributed by atoms with Crippen LogP contribution in [0.25, 0.3) is 0 Å². The third kappa shape index (κ3) is 2.61. The maximum atomic E-state index is 11.7. The molecule has 0 N–H and O–H groups in total. The van der Waals surface area contributed by atoms with Crippen molar-refractivity contribution in [2.24, 2.45) is 5.92 Å². The summed E-state index contributed by atoms with van der Waals surface area (Å²) in [6.45, 7) is 1.63. The van der Waals surface area contributed by atoms with E-state index in [1.807, 2.05) is 31.3 Å². The van der Waals surface area contributed by atoms with Crippen molar-refractivity contribution in [3.05, 3.63) is 34.9 Å². The second-order valence-corrected chi connectivity index (χ2v) is 4.95. The second-order valence-electron chi connectivity index (χ2n) is 4.51. The minimum absolute atomic E-state index is 0.0776. The number of hydrogen-bond donors (Lipinski definition) is 0. The van der Waals surface area contributed by atoms with Gasteiger partial charge in [-0.1, -0.05) is 23.7 Å². The molecule has 2 rings (SSSR count). The van der Waals surface area contributed by atoms with Crippen LogP contribution in [0.3, 0.4) is 0 Å². The molecule has 0 bridgehead atoms. The van der Waals surface area contributed by atoms with Crippen LogP contribution < -0.4 is 0 Å². The molecule has 17 heavy (non-hydrogen) atoms. The monoisotopic (exact) mass is 253 g/mol. The number of benzene rings is 1. The minimum atomic E-state index is -0.130. The SMILES string of the molecule is COC(=O)C1CN(C)CC1c1ccc(Cl)cc1. The van der Waals surface area contributed by atoms with Crippen LogP contribution in [0.15, 0.2) is 24.3 Å². The highest BCUT2D eigenvalue weighted by Crippen LogP contribution is 2.33. The summed E-state index contributed by atoms with van der Waals surface area (Å²) in [5.74, 6) is -0.00908. The van der Waals surface area contributed by atoms with Crippen LogP contribution in [0.1, 0.15) is 11.5 Å². The van der Waals surface area contributed by atoms with Crippen LogP contribution in [-0.4, -0.2) is 38.1 Å². The highest BCUT2D eigenvalue weighted by molar-refractivity contribution is 6.30. The highest BCUT2D eigenvalue weighted by Gasteiger charge is 2.37. The molecule has 3 nitrogen and oxygen atoms in total. The summed E-state index contributed by atoms with van der Waals surface area (Å²) in [5.41, 5.74) is 1.15. The second kappa shape index (κ2) is 5.07. The summed E-state index contributed by atoms with van der Waals surface area (Å²) in [6.07, 6.45) is 0. The van der Waals surface area contributed by atoms with Gasteiger partial charge in [0.25, 0.3) is 0 Å². The number of halogens is 1. The lowest BCUT2D eigenvalue weighted by atomic mass is 9.89. The number of carbonyl (C=O) groups is 1. The smallest absolute Gasteiger partial charge is 0.310 e. The predicted molar refractivity (Wildman–Crippen MR) is 67.2 cm³/mol. The van der Waals surface area contributed by atoms with E-state index < -0.39 is 0 Å². The van der Waals surface area contributed by atoms with Gasteiger partial charge in [-0.2, -0.15) is 0 Å². The molecule has 0 spiro atoms. The number of nitrogens with zero attached hydrogens (tertiary/aromatic N) is 1. The van der Waals surface area contributed by atoms with E-state index in [1.165, 1.54) is 7.11 Å². The quantitative estimate of drug-likeness (QED) is 0.757. The largest absolute Gasteiger partial charge is 0.469 e. The molecule has 1 aliphatic rings. The number of esters is 1. The van der Waals surface area contributed by atoms with Crippen LogP contribution in [0.4, 0.5) is 0 Å². The Balaban J connectivity index is 2.23. The summed E-state index contributed by atoms with van der Waals surface area (Å²) >= 11 is 5.87. The van der Waals surface area contributed by atoms with Gasteiger partial charge < -0.3 is 9.64 Å². The molecule has 1 aromatic rings. The summed E-state index contributed by atoms with van der Waals surface area (Å²) < 4.78 is 4.87. The Hall–Kier alpha value is -1.06. The molecule has 1 aliphatic heterocycles. The summed E-state index contributed by atoms with van der Waals surface area (Å²) in [7, 11) is 3.46. The number of ether oxygens (including phenoxy) is 1. The van der Waals surface area contributed by atoms with Crippen molar-refractivity contribution in [2.75, 3.05) is 27.2 Å². The summed E-state index contributed by atoms with van der Waals surface area (Å²) in [6, 6.07) is 7.71. The van der Waals surface area contributed by atoms with Gasteiger partial charge in [0.1, 0.15) is 0 Å². The minimum Gasteiger partial charge on any atom is -0.469 e. The van der Waals surface area contributed by atoms with E-state index in [9.17, 15) is 4.79 Å². The highest BCUT2D eigenvalue weighted by atomic mass is 35.5. The van der Waals surface area contributed by atoms with Crippen molar-refractivity contribution in [3.63, 3.8) is 0 Å². The molecule has 1 aromatic carbocycles. The fourth-order valence-electron chi connectivity index (χ4n) is 2.44. The Morgan fingerprint density at radius 3 is 2.59 bits per heavy atom. The first kappa shape index (κ1) is 12.4. The van der Waals surface area contributed by atoms with Crippen LogP contribution in [0.5, 0.6) is 0 Å². The molecule has 2 unspecified atom stereocenters. The van der Waals surface area contributed by atoms with Crippen molar-refractivity contribution in [1.82, 2.24) is 4.90 Å². The normalized spacial score (nSPS) is 24.9. The summed E-state index contributed by atoms with van der Waals surface area (Å²) in [5, 5.41) is 0.717. The molecule has 0 saturated carbocycles. The molecule has 4 heteroatoms. The lowest BCUT2D eigenvalue weighted by molar-refractivity contribution is -0.145. The average Bonchev–Trinajstić information content (AvgIpc) is 2.71. The molecule has 1 fully saturated rings. The van der Waals surface area contributed by atoms with Gasteiger partial charge in [0.05, 0.1) is 13.0 Å². The lowest BCUT2D eigenvalue weighted by Crippen LogP contribution is -2.23. The number of methoxy groups -OCH3 is 1. The fourth-order valence-corrected chi connectivity index (χ4v) is 2.56. The van der Waals surface area contributed by atoms with Crippen LogP contribution in [0.2, 0.25) is 5.02 Å². The average molecular weight is 254 g/mol. The maximum Gasteiger partial charge on any atom is 0.310 e. The Bertz CT molecular complexity index is 404. The van der Waals surface area contributed by atoms with E-state index in [4.69, 9.17) is 16.3 Å². The van der Waals surface area contributed by atoms with E-state index in [0.29, 0.717) is 0 Å². The number of likely N-dealkylation sites (tertiary alicyclic amines) is 1. The molecular formula is C13H16ClNO2. The van der Waals surface area contributed by atoms with Gasteiger partial charge in [0.2, 0.25) is 0 Å². The van der Waals surface area contributed by atoms with Gasteiger partial charge in [0, 0.05) is 24.0 Å². The van der Waals surface area contributed by atoms with E-state index in [-0.39, 0.29) is 17.8 Å². The zero-order valence-electron chi connectivity index (χ0n) is 10.0. The number of carbonyl (C=O) groups excluding carboxylic acids is 1. The van der Waals surface area contributed by atoms with Crippen molar-refractivity contribution < 1.29 is 9.53 Å². The number of rotatable bonds is 2. The third-order valence-corrected chi connectivity index (χ3v) is 3.56. The van der Waals surface area contributed by atoms with Crippen LogP contribution in [0, 0.1) is 5.92 Å². The van der Waals surface area contributed by atoms with Crippen LogP contribution >= 0.6 is 11.6 Å². The molecular weight excluding hydrogens is 238 g/mol. The van der Waals surface area contributed by atoms with Gasteiger partial charge >= 0.3 is 5.97 Å². The Labute approximate surface area is 106 Å². The third-order valence-electron chi connectivity index (χ3n) is 3.30. The van der Waals surface area contributed by atoms with Crippen molar-refractivity contribution in [2.45, 2.75) is 5.92 Å². The lowest BCUT2D eigenvalue weighted by Gasteiger charge is -2.16. The van der Waals surface area contributed by atoms with E-state index in [2.05, 4.69) is 4.90 Å². The fraction of sp³-hybridized carbons (Fsp3) is 0.462. The Morgan fingerprint density at radius 1 is 1.35 bits per heavy atom. The molecule has 1 heterocycles. The van der Waals surface area contributed by atoms with Crippen LogP contribution in [-0.2, 0) is 9.53 Å². The number of hydrogen-bond acceptors (Lipinski definition) is 3. The number of likely N-dealkylation sites (N-methyl/N-ethyl adjacent to an activating group) is 1. The molecule has 1 saturated heterocycles. The topological polar surface area (TPSA) is 29.5 Å². The zero-order chi connectivity index (χ0) is 12.4. The first-order chi connectivity index (χ1) is 8.11. The molecule has 0 amide bonds. The maximum absolute atomic E-state index is 11.7. The van der Waals surface area contributed by atoms with Crippen molar-refractivity contribution in [1.29, 1.82) is 0 Å². The van der Waals surface area contributed by atoms with Gasteiger partial charge in [-0.15, -0.1) is 0 Å². The zero-order valence-corrected chi connectivity index (χ0v) is 10.8. The molecule has 0 aliphatic carbocycles. The summed E-state index contributed by atoms with van der Waals surface area (Å²) in [4.78, 5) is 13.9. The Morgan fingerprint density at radius 2 is 2.00 bits per heavy atom. The van der Waals surface area contributed by atoms with Crippen molar-refractivity contribution >= 4 is 17.6 Å². The van der Waals surface area contributed by atoms with Gasteiger partial charge in [0.15, 0.2) is 0 Å². The molecule has 0 aromatic heterocycles. The first-order valence-corrected chi connectivity index (χ1v) is 6.01. The van der Waals surface area contributed by atoms with Gasteiger partial charge in [-0.3, -0.25) is 4.79 Å².